The smallest absolute Gasteiger partial charge is 0.330 e. The molecule has 9 heteroatoms. The van der Waals surface area contributed by atoms with Crippen LogP contribution in [0.2, 0.25) is 5.02 Å². The van der Waals surface area contributed by atoms with Gasteiger partial charge in [-0.05, 0) is 29.7 Å². The summed E-state index contributed by atoms with van der Waals surface area (Å²) in [5.74, 6) is -1.07. The fourth-order valence-electron chi connectivity index (χ4n) is 3.55. The maximum atomic E-state index is 12.8. The molecule has 3 rings (SSSR count). The van der Waals surface area contributed by atoms with Crippen LogP contribution in [0.15, 0.2) is 58.3 Å². The molecule has 1 atom stereocenters. The van der Waals surface area contributed by atoms with Gasteiger partial charge in [0.05, 0.1) is 23.3 Å². The highest BCUT2D eigenvalue weighted by Gasteiger charge is 2.24. The molecule has 8 nitrogen and oxygen atoms in total. The Kier molecular flexibility index (Phi) is 7.18. The van der Waals surface area contributed by atoms with Crippen molar-refractivity contribution in [1.82, 2.24) is 14.5 Å². The lowest BCUT2D eigenvalue weighted by Crippen LogP contribution is -2.43. The second kappa shape index (κ2) is 9.87. The molecule has 0 unspecified atom stereocenters. The highest BCUT2D eigenvalue weighted by atomic mass is 35.5. The number of carbonyl (C=O) groups is 2. The van der Waals surface area contributed by atoms with Crippen LogP contribution in [0.3, 0.4) is 0 Å². The van der Waals surface area contributed by atoms with E-state index < -0.39 is 29.2 Å². The molecule has 0 fully saturated rings. The molecule has 2 aromatic carbocycles. The van der Waals surface area contributed by atoms with Crippen LogP contribution in [0.5, 0.6) is 0 Å². The molecule has 172 valence electrons. The summed E-state index contributed by atoms with van der Waals surface area (Å²) in [6.45, 7) is 1.76. The van der Waals surface area contributed by atoms with Crippen LogP contribution in [0, 0.1) is 6.92 Å². The summed E-state index contributed by atoms with van der Waals surface area (Å²) < 4.78 is 7.25. The molecule has 0 aliphatic carbocycles. The zero-order valence-corrected chi connectivity index (χ0v) is 19.5. The lowest BCUT2D eigenvalue weighted by atomic mass is 10.0. The van der Waals surface area contributed by atoms with Gasteiger partial charge in [0.2, 0.25) is 0 Å². The number of benzene rings is 2. The summed E-state index contributed by atoms with van der Waals surface area (Å²) in [6.07, 6.45) is 1.66. The van der Waals surface area contributed by atoms with Crippen LogP contribution in [0.25, 0.3) is 11.1 Å². The van der Waals surface area contributed by atoms with Gasteiger partial charge in [0.1, 0.15) is 6.04 Å². The molecular formula is C24H24ClN3O5. The van der Waals surface area contributed by atoms with Crippen molar-refractivity contribution >= 4 is 23.5 Å². The van der Waals surface area contributed by atoms with Crippen molar-refractivity contribution in [2.45, 2.75) is 19.4 Å². The molecule has 1 N–H and O–H groups in total. The third kappa shape index (κ3) is 5.06. The summed E-state index contributed by atoms with van der Waals surface area (Å²) >= 11 is 6.18. The third-order valence-corrected chi connectivity index (χ3v) is 5.71. The molecule has 0 saturated heterocycles. The van der Waals surface area contributed by atoms with E-state index in [-0.39, 0.29) is 6.42 Å². The van der Waals surface area contributed by atoms with E-state index >= 15 is 0 Å². The molecule has 0 spiro atoms. The number of aromatic nitrogens is 2. The zero-order chi connectivity index (χ0) is 24.3. The number of rotatable bonds is 6. The summed E-state index contributed by atoms with van der Waals surface area (Å²) in [4.78, 5) is 49.5. The van der Waals surface area contributed by atoms with Gasteiger partial charge in [0.25, 0.3) is 11.5 Å². The normalized spacial score (nSPS) is 11.7. The Balaban J connectivity index is 1.85. The summed E-state index contributed by atoms with van der Waals surface area (Å²) in [7, 11) is 4.25. The van der Waals surface area contributed by atoms with Crippen LogP contribution in [-0.4, -0.2) is 34.2 Å². The fraction of sp³-hybridized carbons (Fsp3) is 0.250. The van der Waals surface area contributed by atoms with E-state index in [1.54, 1.807) is 56.4 Å². The van der Waals surface area contributed by atoms with E-state index in [4.69, 9.17) is 16.3 Å². The lowest BCUT2D eigenvalue weighted by Gasteiger charge is -2.18. The van der Waals surface area contributed by atoms with Crippen molar-refractivity contribution < 1.29 is 14.3 Å². The van der Waals surface area contributed by atoms with E-state index in [0.717, 1.165) is 10.1 Å². The van der Waals surface area contributed by atoms with Crippen LogP contribution < -0.4 is 16.6 Å². The number of carbonyl (C=O) groups excluding carboxylic acids is 2. The Hall–Kier alpha value is -3.65. The van der Waals surface area contributed by atoms with Crippen LogP contribution >= 0.6 is 11.6 Å². The van der Waals surface area contributed by atoms with Crippen LogP contribution in [-0.2, 0) is 30.0 Å². The molecule has 33 heavy (non-hydrogen) atoms. The van der Waals surface area contributed by atoms with Crippen LogP contribution in [0.1, 0.15) is 21.5 Å². The van der Waals surface area contributed by atoms with Gasteiger partial charge in [-0.15, -0.1) is 0 Å². The maximum absolute atomic E-state index is 12.8. The van der Waals surface area contributed by atoms with Crippen LogP contribution in [0.4, 0.5) is 0 Å². The predicted octanol–water partition coefficient (Wildman–Crippen LogP) is 2.23. The Labute approximate surface area is 195 Å². The second-order valence-corrected chi connectivity index (χ2v) is 8.09. The van der Waals surface area contributed by atoms with E-state index in [2.05, 4.69) is 5.32 Å². The SMILES string of the molecule is COC(=O)[C@H](Cc1ccc(-c2cn(C)c(=O)n(C)c2=O)cc1)NC(=O)c1c(C)cccc1Cl. The van der Waals surface area contributed by atoms with Crippen molar-refractivity contribution in [2.75, 3.05) is 7.11 Å². The van der Waals surface area contributed by atoms with Gasteiger partial charge < -0.3 is 14.6 Å². The summed E-state index contributed by atoms with van der Waals surface area (Å²) in [5, 5.41) is 2.99. The molecule has 1 aromatic heterocycles. The summed E-state index contributed by atoms with van der Waals surface area (Å²) in [5.41, 5.74) is 1.91. The van der Waals surface area contributed by atoms with E-state index in [0.29, 0.717) is 27.3 Å². The van der Waals surface area contributed by atoms with Crippen molar-refractivity contribution in [2.24, 2.45) is 14.1 Å². The minimum absolute atomic E-state index is 0.174. The van der Waals surface area contributed by atoms with Gasteiger partial charge in [0, 0.05) is 26.7 Å². The Morgan fingerprint density at radius 3 is 2.36 bits per heavy atom. The molecule has 3 aromatic rings. The molecule has 0 aliphatic heterocycles. The van der Waals surface area contributed by atoms with Crippen molar-refractivity contribution in [3.63, 3.8) is 0 Å². The average molecular weight is 470 g/mol. The number of nitrogens with zero attached hydrogens (tertiary/aromatic N) is 2. The number of amides is 1. The highest BCUT2D eigenvalue weighted by Crippen LogP contribution is 2.20. The van der Waals surface area contributed by atoms with E-state index in [1.807, 2.05) is 0 Å². The molecule has 0 radical (unpaired) electrons. The Morgan fingerprint density at radius 1 is 1.09 bits per heavy atom. The quantitative estimate of drug-likeness (QED) is 0.558. The monoisotopic (exact) mass is 469 g/mol. The number of esters is 1. The van der Waals surface area contributed by atoms with Gasteiger partial charge in [-0.1, -0.05) is 48.0 Å². The van der Waals surface area contributed by atoms with Gasteiger partial charge in [-0.3, -0.25) is 14.2 Å². The first-order valence-electron chi connectivity index (χ1n) is 10.1. The van der Waals surface area contributed by atoms with Crippen molar-refractivity contribution in [3.05, 3.63) is 91.2 Å². The third-order valence-electron chi connectivity index (χ3n) is 5.39. The number of nitrogens with one attached hydrogen (secondary N) is 1. The van der Waals surface area contributed by atoms with Gasteiger partial charge >= 0.3 is 11.7 Å². The van der Waals surface area contributed by atoms with Gasteiger partial charge in [0.15, 0.2) is 0 Å². The zero-order valence-electron chi connectivity index (χ0n) is 18.7. The molecule has 0 aliphatic rings. The van der Waals surface area contributed by atoms with E-state index in [1.165, 1.54) is 24.9 Å². The lowest BCUT2D eigenvalue weighted by molar-refractivity contribution is -0.142. The molecule has 1 amide bonds. The van der Waals surface area contributed by atoms with Crippen molar-refractivity contribution in [3.8, 4) is 11.1 Å². The number of hydrogen-bond acceptors (Lipinski definition) is 5. The fourth-order valence-corrected chi connectivity index (χ4v) is 3.86. The number of methoxy groups -OCH3 is 1. The highest BCUT2D eigenvalue weighted by molar-refractivity contribution is 6.34. The number of halogens is 1. The molecule has 1 heterocycles. The number of hydrogen-bond donors (Lipinski definition) is 1. The molecule has 0 saturated carbocycles. The van der Waals surface area contributed by atoms with Gasteiger partial charge in [-0.25, -0.2) is 9.59 Å². The molecular weight excluding hydrogens is 446 g/mol. The van der Waals surface area contributed by atoms with Gasteiger partial charge in [-0.2, -0.15) is 0 Å². The van der Waals surface area contributed by atoms with E-state index in [9.17, 15) is 19.2 Å². The number of ether oxygens (including phenoxy) is 1. The first kappa shape index (κ1) is 24.0. The van der Waals surface area contributed by atoms with Crippen molar-refractivity contribution in [1.29, 1.82) is 0 Å². The largest absolute Gasteiger partial charge is 0.467 e. The minimum atomic E-state index is -0.936. The predicted molar refractivity (Wildman–Crippen MR) is 126 cm³/mol. The number of aryl methyl sites for hydroxylation is 2. The topological polar surface area (TPSA) is 99.4 Å². The first-order chi connectivity index (χ1) is 15.6. The average Bonchev–Trinajstić information content (AvgIpc) is 2.79. The minimum Gasteiger partial charge on any atom is -0.467 e. The Morgan fingerprint density at radius 2 is 1.76 bits per heavy atom. The first-order valence-corrected chi connectivity index (χ1v) is 10.5. The maximum Gasteiger partial charge on any atom is 0.330 e. The molecule has 0 bridgehead atoms. The Bertz CT molecular complexity index is 1310. The standard InChI is InChI=1S/C24H24ClN3O5/c1-14-6-5-7-18(25)20(14)21(29)26-19(23(31)33-4)12-15-8-10-16(11-9-15)17-13-27(2)24(32)28(3)22(17)30/h5-11,13,19H,12H2,1-4H3,(H,26,29)/t19-/m0/s1. The summed E-state index contributed by atoms with van der Waals surface area (Å²) in [6, 6.07) is 11.1. The second-order valence-electron chi connectivity index (χ2n) is 7.68.